The third-order valence-corrected chi connectivity index (χ3v) is 5.30. The maximum atomic E-state index is 12.6. The van der Waals surface area contributed by atoms with Crippen LogP contribution in [0.15, 0.2) is 24.5 Å². The van der Waals surface area contributed by atoms with Crippen LogP contribution in [-0.2, 0) is 11.3 Å². The summed E-state index contributed by atoms with van der Waals surface area (Å²) in [5.41, 5.74) is 2.39. The molecule has 0 aliphatic carbocycles. The van der Waals surface area contributed by atoms with Crippen LogP contribution in [0.2, 0.25) is 0 Å². The third-order valence-electron chi connectivity index (χ3n) is 4.08. The number of nitrogens with one attached hydrogen (secondary N) is 1. The van der Waals surface area contributed by atoms with Gasteiger partial charge in [-0.1, -0.05) is 17.4 Å². The minimum absolute atomic E-state index is 0.119. The molecule has 1 aliphatic heterocycles. The van der Waals surface area contributed by atoms with Crippen molar-refractivity contribution >= 4 is 28.0 Å². The maximum absolute atomic E-state index is 12.6. The number of rotatable bonds is 4. The summed E-state index contributed by atoms with van der Waals surface area (Å²) >= 11 is 1.43. The molecule has 1 aliphatic rings. The first-order valence-electron chi connectivity index (χ1n) is 8.08. The lowest BCUT2D eigenvalue weighted by Gasteiger charge is -2.25. The van der Waals surface area contributed by atoms with Crippen molar-refractivity contribution in [3.63, 3.8) is 0 Å². The first-order valence-corrected chi connectivity index (χ1v) is 8.90. The zero-order valence-corrected chi connectivity index (χ0v) is 14.6. The summed E-state index contributed by atoms with van der Waals surface area (Å²) in [5.74, 6) is -0.119. The molecule has 0 spiro atoms. The SMILES string of the molecule is Cc1nc(N2CCOCC2)sc1C(=O)NCc1cccc2ncnn12. The molecule has 0 saturated carbocycles. The van der Waals surface area contributed by atoms with E-state index < -0.39 is 0 Å². The lowest BCUT2D eigenvalue weighted by atomic mass is 10.3. The Morgan fingerprint density at radius 1 is 1.36 bits per heavy atom. The highest BCUT2D eigenvalue weighted by atomic mass is 32.1. The molecule has 0 radical (unpaired) electrons. The molecule has 3 aromatic heterocycles. The van der Waals surface area contributed by atoms with Crippen molar-refractivity contribution in [2.75, 3.05) is 31.2 Å². The topological polar surface area (TPSA) is 84.7 Å². The summed E-state index contributed by atoms with van der Waals surface area (Å²) in [6.45, 7) is 5.26. The Bertz CT molecular complexity index is 899. The first kappa shape index (κ1) is 16.0. The van der Waals surface area contributed by atoms with E-state index in [0.717, 1.165) is 35.3 Å². The Labute approximate surface area is 148 Å². The highest BCUT2D eigenvalue weighted by Gasteiger charge is 2.20. The van der Waals surface area contributed by atoms with E-state index in [4.69, 9.17) is 4.74 Å². The van der Waals surface area contributed by atoms with Crippen molar-refractivity contribution < 1.29 is 9.53 Å². The maximum Gasteiger partial charge on any atom is 0.263 e. The Morgan fingerprint density at radius 3 is 3.04 bits per heavy atom. The smallest absolute Gasteiger partial charge is 0.263 e. The lowest BCUT2D eigenvalue weighted by molar-refractivity contribution is 0.0953. The van der Waals surface area contributed by atoms with E-state index in [0.29, 0.717) is 24.6 Å². The van der Waals surface area contributed by atoms with Crippen molar-refractivity contribution in [2.24, 2.45) is 0 Å². The number of pyridine rings is 1. The van der Waals surface area contributed by atoms with Crippen LogP contribution in [0, 0.1) is 6.92 Å². The number of aryl methyl sites for hydroxylation is 1. The number of morpholine rings is 1. The molecule has 1 amide bonds. The molecule has 1 N–H and O–H groups in total. The van der Waals surface area contributed by atoms with Crippen molar-refractivity contribution in [3.05, 3.63) is 40.8 Å². The molecule has 130 valence electrons. The van der Waals surface area contributed by atoms with E-state index in [1.54, 1.807) is 4.52 Å². The first-order chi connectivity index (χ1) is 12.2. The quantitative estimate of drug-likeness (QED) is 0.756. The van der Waals surface area contributed by atoms with Gasteiger partial charge in [0.15, 0.2) is 10.8 Å². The molecule has 1 saturated heterocycles. The van der Waals surface area contributed by atoms with E-state index in [9.17, 15) is 4.79 Å². The molecular weight excluding hydrogens is 340 g/mol. The number of nitrogens with zero attached hydrogens (tertiary/aromatic N) is 5. The van der Waals surface area contributed by atoms with Gasteiger partial charge in [-0.15, -0.1) is 0 Å². The Balaban J connectivity index is 1.47. The van der Waals surface area contributed by atoms with Gasteiger partial charge in [0.2, 0.25) is 0 Å². The second-order valence-electron chi connectivity index (χ2n) is 5.74. The molecule has 8 nitrogen and oxygen atoms in total. The van der Waals surface area contributed by atoms with Crippen LogP contribution in [0.4, 0.5) is 5.13 Å². The van der Waals surface area contributed by atoms with Gasteiger partial charge >= 0.3 is 0 Å². The molecule has 0 bridgehead atoms. The molecule has 3 aromatic rings. The van der Waals surface area contributed by atoms with Gasteiger partial charge in [-0.3, -0.25) is 4.79 Å². The predicted molar refractivity (Wildman–Crippen MR) is 94.0 cm³/mol. The van der Waals surface area contributed by atoms with Crippen LogP contribution < -0.4 is 10.2 Å². The van der Waals surface area contributed by atoms with Gasteiger partial charge in [-0.2, -0.15) is 5.10 Å². The predicted octanol–water partition coefficient (Wildman–Crippen LogP) is 1.26. The molecule has 25 heavy (non-hydrogen) atoms. The second kappa shape index (κ2) is 6.77. The zero-order chi connectivity index (χ0) is 17.2. The summed E-state index contributed by atoms with van der Waals surface area (Å²) in [5, 5.41) is 8.01. The number of amides is 1. The molecule has 1 fully saturated rings. The van der Waals surface area contributed by atoms with Crippen molar-refractivity contribution in [1.82, 2.24) is 24.9 Å². The number of carbonyl (C=O) groups is 1. The molecular formula is C16H18N6O2S. The van der Waals surface area contributed by atoms with Crippen molar-refractivity contribution in [1.29, 1.82) is 0 Å². The average molecular weight is 358 g/mol. The normalized spacial score (nSPS) is 14.8. The van der Waals surface area contributed by atoms with E-state index in [1.165, 1.54) is 17.7 Å². The average Bonchev–Trinajstić information content (AvgIpc) is 3.27. The van der Waals surface area contributed by atoms with Gasteiger partial charge in [0, 0.05) is 13.1 Å². The fraction of sp³-hybridized carbons (Fsp3) is 0.375. The molecule has 0 atom stereocenters. The summed E-state index contributed by atoms with van der Waals surface area (Å²) in [6, 6.07) is 5.70. The number of hydrogen-bond acceptors (Lipinski definition) is 7. The van der Waals surface area contributed by atoms with Gasteiger partial charge in [-0.25, -0.2) is 14.5 Å². The molecule has 4 heterocycles. The largest absolute Gasteiger partial charge is 0.378 e. The van der Waals surface area contributed by atoms with Crippen molar-refractivity contribution in [3.8, 4) is 0 Å². The number of fused-ring (bicyclic) bond motifs is 1. The number of ether oxygens (including phenoxy) is 1. The Kier molecular flexibility index (Phi) is 4.33. The van der Waals surface area contributed by atoms with Crippen LogP contribution in [-0.4, -0.2) is 51.8 Å². The standard InChI is InChI=1S/C16H18N6O2S/c1-11-14(25-16(20-11)21-5-7-24-8-6-21)15(23)17-9-12-3-2-4-13-18-10-19-22(12)13/h2-4,10H,5-9H2,1H3,(H,17,23). The molecule has 0 aromatic carbocycles. The van der Waals surface area contributed by atoms with Crippen LogP contribution in [0.3, 0.4) is 0 Å². The fourth-order valence-corrected chi connectivity index (χ4v) is 3.80. The highest BCUT2D eigenvalue weighted by molar-refractivity contribution is 7.17. The highest BCUT2D eigenvalue weighted by Crippen LogP contribution is 2.26. The third kappa shape index (κ3) is 3.20. The van der Waals surface area contributed by atoms with Crippen molar-refractivity contribution in [2.45, 2.75) is 13.5 Å². The van der Waals surface area contributed by atoms with Gasteiger partial charge in [0.05, 0.1) is 31.1 Å². The van der Waals surface area contributed by atoms with Crippen LogP contribution in [0.1, 0.15) is 21.1 Å². The molecule has 0 unspecified atom stereocenters. The summed E-state index contributed by atoms with van der Waals surface area (Å²) in [6.07, 6.45) is 1.50. The second-order valence-corrected chi connectivity index (χ2v) is 6.72. The van der Waals surface area contributed by atoms with Crippen LogP contribution in [0.25, 0.3) is 5.65 Å². The van der Waals surface area contributed by atoms with Gasteiger partial charge in [-0.05, 0) is 19.1 Å². The number of anilines is 1. The Hall–Kier alpha value is -2.52. The number of thiazole rings is 1. The van der Waals surface area contributed by atoms with Gasteiger partial charge < -0.3 is 15.0 Å². The van der Waals surface area contributed by atoms with Gasteiger partial charge in [0.25, 0.3) is 5.91 Å². The van der Waals surface area contributed by atoms with Crippen LogP contribution in [0.5, 0.6) is 0 Å². The zero-order valence-electron chi connectivity index (χ0n) is 13.8. The molecule has 9 heteroatoms. The monoisotopic (exact) mass is 358 g/mol. The van der Waals surface area contributed by atoms with E-state index >= 15 is 0 Å². The van der Waals surface area contributed by atoms with Gasteiger partial charge in [0.1, 0.15) is 11.2 Å². The number of hydrogen-bond donors (Lipinski definition) is 1. The van der Waals surface area contributed by atoms with Crippen LogP contribution >= 0.6 is 11.3 Å². The van der Waals surface area contributed by atoms with E-state index in [2.05, 4.69) is 25.3 Å². The number of aromatic nitrogens is 4. The number of carbonyl (C=O) groups excluding carboxylic acids is 1. The summed E-state index contributed by atoms with van der Waals surface area (Å²) in [7, 11) is 0. The summed E-state index contributed by atoms with van der Waals surface area (Å²) in [4.78, 5) is 24.1. The van der Waals surface area contributed by atoms with E-state index in [-0.39, 0.29) is 5.91 Å². The lowest BCUT2D eigenvalue weighted by Crippen LogP contribution is -2.36. The Morgan fingerprint density at radius 2 is 2.20 bits per heavy atom. The summed E-state index contributed by atoms with van der Waals surface area (Å²) < 4.78 is 7.09. The molecule has 4 rings (SSSR count). The minimum atomic E-state index is -0.119. The van der Waals surface area contributed by atoms with E-state index in [1.807, 2.05) is 25.1 Å². The minimum Gasteiger partial charge on any atom is -0.378 e. The fourth-order valence-electron chi connectivity index (χ4n) is 2.77.